The lowest BCUT2D eigenvalue weighted by molar-refractivity contribution is -0.115. The fourth-order valence-electron chi connectivity index (χ4n) is 2.49. The molecule has 0 saturated carbocycles. The Morgan fingerprint density at radius 1 is 1.19 bits per heavy atom. The summed E-state index contributed by atoms with van der Waals surface area (Å²) in [4.78, 5) is 12.5. The third-order valence-electron chi connectivity index (χ3n) is 3.97. The molecule has 0 aliphatic carbocycles. The Hall–Kier alpha value is -2.87. The van der Waals surface area contributed by atoms with Gasteiger partial charge in [0.05, 0.1) is 23.6 Å². The van der Waals surface area contributed by atoms with Crippen LogP contribution >= 0.6 is 11.8 Å². The van der Waals surface area contributed by atoms with Gasteiger partial charge in [0.2, 0.25) is 5.91 Å². The smallest absolute Gasteiger partial charge is 0.237 e. The normalized spacial score (nSPS) is 11.9. The third-order valence-corrected chi connectivity index (χ3v) is 5.10. The molecule has 0 bridgehead atoms. The van der Waals surface area contributed by atoms with E-state index in [0.29, 0.717) is 28.0 Å². The monoisotopic (exact) mass is 386 g/mol. The van der Waals surface area contributed by atoms with Crippen LogP contribution in [0.3, 0.4) is 0 Å². The minimum absolute atomic E-state index is 0.194. The number of methoxy groups -OCH3 is 1. The van der Waals surface area contributed by atoms with Crippen molar-refractivity contribution >= 4 is 23.4 Å². The number of anilines is 1. The Morgan fingerprint density at radius 3 is 2.63 bits per heavy atom. The van der Waals surface area contributed by atoms with Crippen LogP contribution in [0.5, 0.6) is 5.75 Å². The van der Waals surface area contributed by atoms with E-state index in [1.54, 1.807) is 56.0 Å². The summed E-state index contributed by atoms with van der Waals surface area (Å²) in [7, 11) is 3.29. The van der Waals surface area contributed by atoms with Crippen molar-refractivity contribution in [1.82, 2.24) is 14.8 Å². The van der Waals surface area contributed by atoms with Crippen molar-refractivity contribution in [3.05, 3.63) is 54.3 Å². The Morgan fingerprint density at radius 2 is 1.89 bits per heavy atom. The third kappa shape index (κ3) is 4.11. The topological polar surface area (TPSA) is 69.0 Å². The van der Waals surface area contributed by atoms with Gasteiger partial charge in [-0.3, -0.25) is 4.79 Å². The molecular weight excluding hydrogens is 367 g/mol. The van der Waals surface area contributed by atoms with Crippen LogP contribution in [0.25, 0.3) is 11.4 Å². The number of halogens is 1. The molecule has 0 fully saturated rings. The first kappa shape index (κ1) is 18.9. The summed E-state index contributed by atoms with van der Waals surface area (Å²) in [6, 6.07) is 13.6. The van der Waals surface area contributed by atoms with E-state index >= 15 is 0 Å². The first-order chi connectivity index (χ1) is 13.0. The van der Waals surface area contributed by atoms with Gasteiger partial charge < -0.3 is 14.6 Å². The number of carbonyl (C=O) groups excluding carboxylic acids is 1. The second kappa shape index (κ2) is 8.22. The summed E-state index contributed by atoms with van der Waals surface area (Å²) in [6.07, 6.45) is 0. The van der Waals surface area contributed by atoms with Crippen LogP contribution in [0, 0.1) is 5.82 Å². The Balaban J connectivity index is 1.74. The SMILES string of the molecule is COc1ccccc1NC(=O)[C@@H](C)Sc1nnc(-c2ccccc2F)n1C. The molecule has 1 heterocycles. The number of para-hydroxylation sites is 2. The molecule has 0 saturated heterocycles. The highest BCUT2D eigenvalue weighted by molar-refractivity contribution is 8.00. The predicted molar refractivity (Wildman–Crippen MR) is 103 cm³/mol. The van der Waals surface area contributed by atoms with Crippen LogP contribution in [0.15, 0.2) is 53.7 Å². The van der Waals surface area contributed by atoms with Crippen LogP contribution in [0.1, 0.15) is 6.92 Å². The number of nitrogens with one attached hydrogen (secondary N) is 1. The van der Waals surface area contributed by atoms with Gasteiger partial charge in [-0.2, -0.15) is 0 Å². The fourth-order valence-corrected chi connectivity index (χ4v) is 3.30. The molecule has 3 rings (SSSR count). The molecule has 8 heteroatoms. The number of thioether (sulfide) groups is 1. The standard InChI is InChI=1S/C19H19FN4O2S/c1-12(18(25)21-15-10-6-7-11-16(15)26-3)27-19-23-22-17(24(19)2)13-8-4-5-9-14(13)20/h4-12H,1-3H3,(H,21,25)/t12-/m1/s1. The molecule has 1 amide bonds. The summed E-state index contributed by atoms with van der Waals surface area (Å²) in [5, 5.41) is 11.1. The maximum atomic E-state index is 14.0. The van der Waals surface area contributed by atoms with Gasteiger partial charge >= 0.3 is 0 Å². The number of aromatic nitrogens is 3. The highest BCUT2D eigenvalue weighted by Gasteiger charge is 2.21. The summed E-state index contributed by atoms with van der Waals surface area (Å²) in [5.74, 6) is 0.433. The lowest BCUT2D eigenvalue weighted by Crippen LogP contribution is -2.23. The molecule has 0 aliphatic heterocycles. The molecule has 140 valence electrons. The summed E-state index contributed by atoms with van der Waals surface area (Å²) < 4.78 is 20.9. The minimum Gasteiger partial charge on any atom is -0.495 e. The van der Waals surface area contributed by atoms with Crippen LogP contribution in [-0.4, -0.2) is 33.0 Å². The lowest BCUT2D eigenvalue weighted by Gasteiger charge is -2.13. The summed E-state index contributed by atoms with van der Waals surface area (Å²) in [6.45, 7) is 1.77. The molecule has 0 spiro atoms. The van der Waals surface area contributed by atoms with Gasteiger partial charge in [-0.05, 0) is 31.2 Å². The lowest BCUT2D eigenvalue weighted by atomic mass is 10.2. The van der Waals surface area contributed by atoms with Crippen molar-refractivity contribution in [2.75, 3.05) is 12.4 Å². The molecule has 1 aromatic heterocycles. The number of amides is 1. The minimum atomic E-state index is -0.439. The van der Waals surface area contributed by atoms with Gasteiger partial charge in [0.1, 0.15) is 11.6 Å². The van der Waals surface area contributed by atoms with E-state index in [1.807, 2.05) is 12.1 Å². The predicted octanol–water partition coefficient (Wildman–Crippen LogP) is 3.75. The van der Waals surface area contributed by atoms with E-state index in [4.69, 9.17) is 4.74 Å². The molecule has 0 radical (unpaired) electrons. The number of nitrogens with zero attached hydrogens (tertiary/aromatic N) is 3. The quantitative estimate of drug-likeness (QED) is 0.654. The van der Waals surface area contributed by atoms with Gasteiger partial charge in [0, 0.05) is 7.05 Å². The fraction of sp³-hybridized carbons (Fsp3) is 0.211. The van der Waals surface area contributed by atoms with Crippen LogP contribution in [-0.2, 0) is 11.8 Å². The zero-order valence-electron chi connectivity index (χ0n) is 15.1. The summed E-state index contributed by atoms with van der Waals surface area (Å²) >= 11 is 1.25. The van der Waals surface area contributed by atoms with Crippen molar-refractivity contribution in [3.8, 4) is 17.1 Å². The number of hydrogen-bond acceptors (Lipinski definition) is 5. The number of carbonyl (C=O) groups is 1. The Labute approximate surface area is 160 Å². The number of hydrogen-bond donors (Lipinski definition) is 1. The highest BCUT2D eigenvalue weighted by atomic mass is 32.2. The maximum absolute atomic E-state index is 14.0. The van der Waals surface area contributed by atoms with E-state index < -0.39 is 5.25 Å². The van der Waals surface area contributed by atoms with Crippen molar-refractivity contribution in [1.29, 1.82) is 0 Å². The largest absolute Gasteiger partial charge is 0.495 e. The molecule has 2 aromatic carbocycles. The highest BCUT2D eigenvalue weighted by Crippen LogP contribution is 2.29. The zero-order chi connectivity index (χ0) is 19.4. The van der Waals surface area contributed by atoms with E-state index in [9.17, 15) is 9.18 Å². The first-order valence-corrected chi connectivity index (χ1v) is 9.14. The molecule has 27 heavy (non-hydrogen) atoms. The molecule has 3 aromatic rings. The van der Waals surface area contributed by atoms with E-state index in [2.05, 4.69) is 15.5 Å². The van der Waals surface area contributed by atoms with Gasteiger partial charge in [0.25, 0.3) is 0 Å². The molecule has 1 atom stereocenters. The zero-order valence-corrected chi connectivity index (χ0v) is 16.0. The Bertz CT molecular complexity index is 960. The molecular formula is C19H19FN4O2S. The number of ether oxygens (including phenoxy) is 1. The molecule has 1 N–H and O–H groups in total. The van der Waals surface area contributed by atoms with E-state index in [0.717, 1.165) is 0 Å². The average Bonchev–Trinajstić information content (AvgIpc) is 3.03. The molecule has 6 nitrogen and oxygen atoms in total. The van der Waals surface area contributed by atoms with Crippen molar-refractivity contribution in [3.63, 3.8) is 0 Å². The second-order valence-electron chi connectivity index (χ2n) is 5.79. The second-order valence-corrected chi connectivity index (χ2v) is 7.10. The maximum Gasteiger partial charge on any atom is 0.237 e. The van der Waals surface area contributed by atoms with Gasteiger partial charge in [-0.15, -0.1) is 10.2 Å². The van der Waals surface area contributed by atoms with E-state index in [-0.39, 0.29) is 11.7 Å². The van der Waals surface area contributed by atoms with Crippen molar-refractivity contribution in [2.24, 2.45) is 7.05 Å². The van der Waals surface area contributed by atoms with E-state index in [1.165, 1.54) is 17.8 Å². The van der Waals surface area contributed by atoms with Crippen molar-refractivity contribution < 1.29 is 13.9 Å². The molecule has 0 aliphatic rings. The number of benzene rings is 2. The Kier molecular flexibility index (Phi) is 5.75. The van der Waals surface area contributed by atoms with Gasteiger partial charge in [0.15, 0.2) is 11.0 Å². The number of rotatable bonds is 6. The van der Waals surface area contributed by atoms with Crippen LogP contribution in [0.4, 0.5) is 10.1 Å². The van der Waals surface area contributed by atoms with Crippen molar-refractivity contribution in [2.45, 2.75) is 17.3 Å². The first-order valence-electron chi connectivity index (χ1n) is 8.26. The van der Waals surface area contributed by atoms with Gasteiger partial charge in [-0.1, -0.05) is 36.0 Å². The van der Waals surface area contributed by atoms with Gasteiger partial charge in [-0.25, -0.2) is 4.39 Å². The average molecular weight is 386 g/mol. The van der Waals surface area contributed by atoms with Crippen LogP contribution in [0.2, 0.25) is 0 Å². The van der Waals surface area contributed by atoms with Crippen LogP contribution < -0.4 is 10.1 Å². The molecule has 0 unspecified atom stereocenters. The summed E-state index contributed by atoms with van der Waals surface area (Å²) in [5.41, 5.74) is 0.966.